The summed E-state index contributed by atoms with van der Waals surface area (Å²) in [5.74, 6) is 0.788. The van der Waals surface area contributed by atoms with Gasteiger partial charge in [-0.1, -0.05) is 38.3 Å². The third-order valence-electron chi connectivity index (χ3n) is 4.58. The van der Waals surface area contributed by atoms with E-state index in [-0.39, 0.29) is 6.04 Å². The van der Waals surface area contributed by atoms with Gasteiger partial charge in [-0.25, -0.2) is 0 Å². The highest BCUT2D eigenvalue weighted by molar-refractivity contribution is 5.26. The number of nitrogens with one attached hydrogen (secondary N) is 1. The Morgan fingerprint density at radius 2 is 1.86 bits per heavy atom. The third-order valence-corrected chi connectivity index (χ3v) is 4.58. The van der Waals surface area contributed by atoms with Crippen molar-refractivity contribution < 1.29 is 13.2 Å². The lowest BCUT2D eigenvalue weighted by molar-refractivity contribution is -0.137. The lowest BCUT2D eigenvalue weighted by Gasteiger charge is -2.31. The molecule has 3 unspecified atom stereocenters. The van der Waals surface area contributed by atoms with Crippen LogP contribution in [0.3, 0.4) is 0 Å². The van der Waals surface area contributed by atoms with Crippen LogP contribution in [0, 0.1) is 5.92 Å². The van der Waals surface area contributed by atoms with Crippen LogP contribution in [0.2, 0.25) is 0 Å². The van der Waals surface area contributed by atoms with Crippen LogP contribution < -0.4 is 5.32 Å². The van der Waals surface area contributed by atoms with Gasteiger partial charge in [0.2, 0.25) is 0 Å². The first kappa shape index (κ1) is 16.3. The van der Waals surface area contributed by atoms with Crippen LogP contribution in [-0.2, 0) is 6.18 Å². The van der Waals surface area contributed by atoms with Gasteiger partial charge in [0.15, 0.2) is 0 Å². The number of hydrogen-bond acceptors (Lipinski definition) is 1. The summed E-state index contributed by atoms with van der Waals surface area (Å²) in [6, 6.07) is 6.09. The molecule has 0 amide bonds. The minimum absolute atomic E-state index is 0.0906. The van der Waals surface area contributed by atoms with Gasteiger partial charge < -0.3 is 5.32 Å². The Balaban J connectivity index is 1.95. The Bertz CT molecular complexity index is 438. The molecule has 4 heteroatoms. The Hall–Kier alpha value is -1.03. The average molecular weight is 299 g/mol. The van der Waals surface area contributed by atoms with E-state index < -0.39 is 11.7 Å². The smallest absolute Gasteiger partial charge is 0.307 e. The van der Waals surface area contributed by atoms with Crippen LogP contribution in [-0.4, -0.2) is 6.04 Å². The molecule has 0 saturated heterocycles. The number of halogens is 3. The normalized spacial score (nSPS) is 24.8. The maximum atomic E-state index is 12.6. The summed E-state index contributed by atoms with van der Waals surface area (Å²) in [5.41, 5.74) is 0.337. The van der Waals surface area contributed by atoms with Crippen LogP contribution in [0.5, 0.6) is 0 Å². The van der Waals surface area contributed by atoms with Crippen LogP contribution >= 0.6 is 0 Å². The first-order chi connectivity index (χ1) is 9.90. The summed E-state index contributed by atoms with van der Waals surface area (Å²) in [7, 11) is 0. The van der Waals surface area contributed by atoms with Crippen molar-refractivity contribution in [1.82, 2.24) is 5.32 Å². The zero-order chi connectivity index (χ0) is 15.5. The molecule has 0 radical (unpaired) electrons. The van der Waals surface area contributed by atoms with Crippen LogP contribution in [0.1, 0.15) is 63.1 Å². The molecule has 1 aliphatic rings. The molecule has 1 aromatic rings. The van der Waals surface area contributed by atoms with Crippen molar-refractivity contribution in [2.45, 2.75) is 64.2 Å². The Kier molecular flexibility index (Phi) is 5.31. The topological polar surface area (TPSA) is 12.0 Å². The van der Waals surface area contributed by atoms with Crippen LogP contribution in [0.15, 0.2) is 24.3 Å². The molecule has 2 rings (SSSR count). The fourth-order valence-electron chi connectivity index (χ4n) is 3.22. The molecule has 1 nitrogen and oxygen atoms in total. The van der Waals surface area contributed by atoms with E-state index in [9.17, 15) is 13.2 Å². The molecule has 0 aromatic heterocycles. The van der Waals surface area contributed by atoms with Crippen molar-refractivity contribution >= 4 is 0 Å². The minimum atomic E-state index is -4.26. The van der Waals surface area contributed by atoms with E-state index in [0.717, 1.165) is 11.5 Å². The zero-order valence-electron chi connectivity index (χ0n) is 12.7. The molecule has 0 aliphatic heterocycles. The lowest BCUT2D eigenvalue weighted by atomic mass is 9.84. The Morgan fingerprint density at radius 1 is 1.19 bits per heavy atom. The summed E-state index contributed by atoms with van der Waals surface area (Å²) >= 11 is 0. The van der Waals surface area contributed by atoms with E-state index in [0.29, 0.717) is 6.04 Å². The van der Waals surface area contributed by atoms with Gasteiger partial charge in [-0.3, -0.25) is 0 Å². The van der Waals surface area contributed by atoms with Gasteiger partial charge in [-0.15, -0.1) is 0 Å². The van der Waals surface area contributed by atoms with Gasteiger partial charge >= 0.3 is 6.18 Å². The fourth-order valence-corrected chi connectivity index (χ4v) is 3.22. The van der Waals surface area contributed by atoms with E-state index in [4.69, 9.17) is 0 Å². The SMILES string of the molecule is CCC1CCCC(NC(C)c2ccc(C(F)(F)F)cc2)C1. The number of hydrogen-bond donors (Lipinski definition) is 1. The molecule has 0 spiro atoms. The van der Waals surface area contributed by atoms with Crippen molar-refractivity contribution in [3.05, 3.63) is 35.4 Å². The highest BCUT2D eigenvalue weighted by atomic mass is 19.4. The average Bonchev–Trinajstić information content (AvgIpc) is 2.46. The van der Waals surface area contributed by atoms with E-state index in [1.165, 1.54) is 44.2 Å². The molecule has 1 aliphatic carbocycles. The van der Waals surface area contributed by atoms with E-state index in [2.05, 4.69) is 12.2 Å². The van der Waals surface area contributed by atoms with Crippen molar-refractivity contribution in [3.63, 3.8) is 0 Å². The maximum absolute atomic E-state index is 12.6. The summed E-state index contributed by atoms with van der Waals surface area (Å²) in [6.45, 7) is 4.25. The number of benzene rings is 1. The highest BCUT2D eigenvalue weighted by Gasteiger charge is 2.30. The standard InChI is InChI=1S/C17H24F3N/c1-3-13-5-4-6-16(11-13)21-12(2)14-7-9-15(10-8-14)17(18,19)20/h7-10,12-13,16,21H,3-6,11H2,1-2H3. The van der Waals surface area contributed by atoms with Gasteiger partial charge in [0.05, 0.1) is 5.56 Å². The first-order valence-electron chi connectivity index (χ1n) is 7.83. The molecule has 1 N–H and O–H groups in total. The minimum Gasteiger partial charge on any atom is -0.307 e. The summed E-state index contributed by atoms with van der Waals surface area (Å²) < 4.78 is 37.7. The Morgan fingerprint density at radius 3 is 2.43 bits per heavy atom. The van der Waals surface area contributed by atoms with Gasteiger partial charge in [-0.2, -0.15) is 13.2 Å². The van der Waals surface area contributed by atoms with Crippen molar-refractivity contribution in [3.8, 4) is 0 Å². The first-order valence-corrected chi connectivity index (χ1v) is 7.83. The second-order valence-corrected chi connectivity index (χ2v) is 6.15. The van der Waals surface area contributed by atoms with E-state index in [1.807, 2.05) is 6.92 Å². The monoisotopic (exact) mass is 299 g/mol. The molecular weight excluding hydrogens is 275 g/mol. The summed E-state index contributed by atoms with van der Waals surface area (Å²) in [5, 5.41) is 3.58. The van der Waals surface area contributed by atoms with Crippen molar-refractivity contribution in [1.29, 1.82) is 0 Å². The molecule has 118 valence electrons. The van der Waals surface area contributed by atoms with Gasteiger partial charge in [0, 0.05) is 12.1 Å². The third kappa shape index (κ3) is 4.47. The lowest BCUT2D eigenvalue weighted by Crippen LogP contribution is -2.35. The quantitative estimate of drug-likeness (QED) is 0.793. The summed E-state index contributed by atoms with van der Waals surface area (Å²) in [4.78, 5) is 0. The largest absolute Gasteiger partial charge is 0.416 e. The van der Waals surface area contributed by atoms with Crippen LogP contribution in [0.4, 0.5) is 13.2 Å². The molecule has 21 heavy (non-hydrogen) atoms. The van der Waals surface area contributed by atoms with Crippen molar-refractivity contribution in [2.24, 2.45) is 5.92 Å². The second-order valence-electron chi connectivity index (χ2n) is 6.15. The second kappa shape index (κ2) is 6.82. The molecule has 0 bridgehead atoms. The highest BCUT2D eigenvalue weighted by Crippen LogP contribution is 2.31. The maximum Gasteiger partial charge on any atom is 0.416 e. The van der Waals surface area contributed by atoms with Crippen LogP contribution in [0.25, 0.3) is 0 Å². The summed E-state index contributed by atoms with van der Waals surface area (Å²) in [6.07, 6.45) is 1.86. The van der Waals surface area contributed by atoms with Crippen molar-refractivity contribution in [2.75, 3.05) is 0 Å². The zero-order valence-corrected chi connectivity index (χ0v) is 12.7. The molecule has 1 saturated carbocycles. The van der Waals surface area contributed by atoms with E-state index >= 15 is 0 Å². The van der Waals surface area contributed by atoms with E-state index in [1.54, 1.807) is 12.1 Å². The predicted molar refractivity (Wildman–Crippen MR) is 79.0 cm³/mol. The fraction of sp³-hybridized carbons (Fsp3) is 0.647. The Labute approximate surface area is 124 Å². The number of rotatable bonds is 4. The molecule has 1 aromatic carbocycles. The van der Waals surface area contributed by atoms with Gasteiger partial charge in [-0.05, 0) is 43.4 Å². The van der Waals surface area contributed by atoms with Gasteiger partial charge in [0.25, 0.3) is 0 Å². The molecule has 0 heterocycles. The van der Waals surface area contributed by atoms with Gasteiger partial charge in [0.1, 0.15) is 0 Å². The molecular formula is C17H24F3N. The predicted octanol–water partition coefficient (Wildman–Crippen LogP) is 5.32. The number of alkyl halides is 3. The molecule has 3 atom stereocenters. The molecule has 1 fully saturated rings.